The molecule has 2 aliphatic rings. The number of aliphatic carboxylic acids is 1. The fourth-order valence-electron chi connectivity index (χ4n) is 10.4. The zero-order valence-electron chi connectivity index (χ0n) is 43.2. The smallest absolute Gasteiger partial charge is 0.336 e. The van der Waals surface area contributed by atoms with Crippen LogP contribution in [0.4, 0.5) is 0 Å². The zero-order valence-corrected chi connectivity index (χ0v) is 43.2. The van der Waals surface area contributed by atoms with Crippen LogP contribution in [0.25, 0.3) is 44.3 Å². The normalized spacial score (nSPS) is 22.2. The third kappa shape index (κ3) is 12.2. The highest BCUT2D eigenvalue weighted by Crippen LogP contribution is 2.45. The minimum atomic E-state index is -3.23. The van der Waals surface area contributed by atoms with Gasteiger partial charge in [0.25, 0.3) is 0 Å². The van der Waals surface area contributed by atoms with E-state index in [-0.39, 0.29) is 60.0 Å². The van der Waals surface area contributed by atoms with E-state index in [1.807, 2.05) is 32.0 Å². The lowest BCUT2D eigenvalue weighted by Gasteiger charge is -2.57. The summed E-state index contributed by atoms with van der Waals surface area (Å²) in [5.41, 5.74) is 3.58. The Morgan fingerprint density at radius 1 is 1.00 bits per heavy atom. The van der Waals surface area contributed by atoms with Crippen molar-refractivity contribution in [2.24, 2.45) is 10.7 Å². The van der Waals surface area contributed by atoms with E-state index >= 15 is 0 Å². The number of aliphatic imine (C=N–C) groups is 1. The number of aromatic amines is 1. The second kappa shape index (κ2) is 25.0. The number of nitrogens with zero attached hydrogens (tertiary/aromatic N) is 2. The SMILES string of the molecule is Cc1cc(C)cc(-c2c3[nH]ccc3cn2OC2C(Oc3ccc4c(=O)c(-c5ccc(O)cc5)coc4c3)OC(C(NC(N)=NCCNC3CCCCC3)OC(=O)C(NCCC=O)C(=O)O)C(O)(CO)C2(O)C(O)CCCO)c1. The number of ether oxygens (including phenoxy) is 3. The van der Waals surface area contributed by atoms with Crippen molar-refractivity contribution in [3.05, 3.63) is 107 Å². The van der Waals surface area contributed by atoms with Crippen LogP contribution >= 0.6 is 0 Å². The Bertz CT molecular complexity index is 3120. The summed E-state index contributed by atoms with van der Waals surface area (Å²) >= 11 is 0. The Balaban J connectivity index is 1.27. The number of aliphatic hydroxyl groups excluding tert-OH is 3. The number of hydrogen-bond donors (Lipinski definition) is 12. The van der Waals surface area contributed by atoms with Gasteiger partial charge < -0.3 is 85.4 Å². The standard InChI is InChI=1S/C55H67N7O16/c1-31-24-32(2)26-35(25-31)45-43-34(17-19-59-43)28-62(45)78-48-52(75-38-15-16-39-41(27-38)74-29-40(46(39)68)33-11-13-37(66)14-12-33)76-47(54(72,30-65)55(48,73)42(67)10-6-22-63)49(77-51(71)44(50(69)70)58-18-7-23-64)61-53(56)60-21-20-57-36-8-4-3-5-9-36/h11-17,19,23-29,36,42,44,47-49,52,57-59,63,65-67,72-73H,3-10,18,20-22,30H2,1-2H3,(H,69,70)(H3,56,60,61). The maximum absolute atomic E-state index is 14.1. The van der Waals surface area contributed by atoms with Gasteiger partial charge in [0, 0.05) is 55.4 Å². The first-order chi connectivity index (χ1) is 37.5. The molecule has 23 nitrogen and oxygen atoms in total. The zero-order chi connectivity index (χ0) is 55.7. The summed E-state index contributed by atoms with van der Waals surface area (Å²) in [6.07, 6.45) is -1.49. The second-order valence-corrected chi connectivity index (χ2v) is 19.8. The van der Waals surface area contributed by atoms with Crippen LogP contribution in [0.3, 0.4) is 0 Å². The Hall–Kier alpha value is -7.35. The molecule has 1 aliphatic carbocycles. The fraction of sp³-hybridized carbons (Fsp3) is 0.436. The molecule has 0 spiro atoms. The molecule has 2 fully saturated rings. The van der Waals surface area contributed by atoms with E-state index in [0.29, 0.717) is 40.6 Å². The Kier molecular flexibility index (Phi) is 18.2. The van der Waals surface area contributed by atoms with Crippen molar-refractivity contribution in [3.63, 3.8) is 0 Å². The topological polar surface area (TPSA) is 355 Å². The van der Waals surface area contributed by atoms with Gasteiger partial charge in [0.1, 0.15) is 35.3 Å². The maximum atomic E-state index is 14.1. The molecule has 78 heavy (non-hydrogen) atoms. The van der Waals surface area contributed by atoms with Crippen molar-refractivity contribution >= 4 is 46.1 Å². The second-order valence-electron chi connectivity index (χ2n) is 19.8. The number of phenols is 1. The van der Waals surface area contributed by atoms with Gasteiger partial charge in [-0.15, -0.1) is 0 Å². The minimum absolute atomic E-state index is 0.00369. The summed E-state index contributed by atoms with van der Waals surface area (Å²) in [7, 11) is 0. The van der Waals surface area contributed by atoms with E-state index in [2.05, 4.69) is 25.9 Å². The molecule has 13 N–H and O–H groups in total. The number of aromatic nitrogens is 2. The molecule has 0 radical (unpaired) electrons. The highest BCUT2D eigenvalue weighted by atomic mass is 16.8. The summed E-state index contributed by atoms with van der Waals surface area (Å²) in [5.74, 6) is -3.80. The molecule has 23 heteroatoms. The number of carboxylic acids is 1. The van der Waals surface area contributed by atoms with E-state index < -0.39 is 91.0 Å². The van der Waals surface area contributed by atoms with Gasteiger partial charge in [0.15, 0.2) is 28.7 Å². The first-order valence-electron chi connectivity index (χ1n) is 25.9. The molecule has 0 bridgehead atoms. The Labute approximate surface area is 447 Å². The number of rotatable bonds is 24. The average molecular weight is 1080 g/mol. The molecule has 8 atom stereocenters. The number of hydrogen-bond acceptors (Lipinski definition) is 18. The van der Waals surface area contributed by atoms with Crippen molar-refractivity contribution < 1.29 is 73.6 Å². The highest BCUT2D eigenvalue weighted by molar-refractivity contribution is 5.98. The van der Waals surface area contributed by atoms with Gasteiger partial charge in [-0.2, -0.15) is 4.73 Å². The van der Waals surface area contributed by atoms with Gasteiger partial charge in [-0.05, 0) is 87.6 Å². The van der Waals surface area contributed by atoms with Crippen LogP contribution in [0.2, 0.25) is 0 Å². The maximum Gasteiger partial charge on any atom is 0.336 e. The molecule has 418 valence electrons. The highest BCUT2D eigenvalue weighted by Gasteiger charge is 2.72. The summed E-state index contributed by atoms with van der Waals surface area (Å²) in [6, 6.07) is 15.6. The Morgan fingerprint density at radius 3 is 2.44 bits per heavy atom. The van der Waals surface area contributed by atoms with Crippen molar-refractivity contribution in [2.45, 2.75) is 119 Å². The third-order valence-electron chi connectivity index (χ3n) is 14.2. The van der Waals surface area contributed by atoms with Crippen LogP contribution in [0.15, 0.2) is 99.6 Å². The van der Waals surface area contributed by atoms with Crippen molar-refractivity contribution in [1.29, 1.82) is 0 Å². The molecule has 6 aromatic rings. The molecule has 8 rings (SSSR count). The minimum Gasteiger partial charge on any atom is -0.508 e. The average Bonchev–Trinajstić information content (AvgIpc) is 4.08. The number of nitrogens with one attached hydrogen (secondary N) is 4. The predicted molar refractivity (Wildman–Crippen MR) is 284 cm³/mol. The van der Waals surface area contributed by atoms with Crippen molar-refractivity contribution in [1.82, 2.24) is 25.7 Å². The molecule has 8 unspecified atom stereocenters. The number of aldehydes is 1. The number of esters is 1. The molecule has 3 aromatic carbocycles. The monoisotopic (exact) mass is 1080 g/mol. The van der Waals surface area contributed by atoms with Gasteiger partial charge in [-0.3, -0.25) is 15.1 Å². The largest absolute Gasteiger partial charge is 0.508 e. The number of aromatic hydroxyl groups is 1. The number of H-pyrrole nitrogens is 1. The van der Waals surface area contributed by atoms with E-state index in [1.165, 1.54) is 41.3 Å². The number of carbonyl (C=O) groups is 3. The van der Waals surface area contributed by atoms with Crippen LogP contribution in [0, 0.1) is 13.8 Å². The predicted octanol–water partition coefficient (Wildman–Crippen LogP) is 2.25. The fourth-order valence-corrected chi connectivity index (χ4v) is 10.4. The lowest BCUT2D eigenvalue weighted by Crippen LogP contribution is -2.83. The molecular weight excluding hydrogens is 1010 g/mol. The quantitative estimate of drug-likeness (QED) is 0.00786. The molecule has 1 saturated heterocycles. The van der Waals surface area contributed by atoms with Crippen molar-refractivity contribution in [3.8, 4) is 33.9 Å². The number of benzene rings is 3. The molecule has 1 saturated carbocycles. The number of aliphatic hydroxyl groups is 5. The van der Waals surface area contributed by atoms with Crippen LogP contribution in [0.1, 0.15) is 62.5 Å². The van der Waals surface area contributed by atoms with Crippen LogP contribution < -0.4 is 36.7 Å². The summed E-state index contributed by atoms with van der Waals surface area (Å²) in [6.45, 7) is 1.96. The summed E-state index contributed by atoms with van der Waals surface area (Å²) in [4.78, 5) is 66.1. The van der Waals surface area contributed by atoms with E-state index in [0.717, 1.165) is 43.2 Å². The van der Waals surface area contributed by atoms with E-state index in [9.17, 15) is 54.9 Å². The molecular formula is C55H67N7O16. The van der Waals surface area contributed by atoms with E-state index in [4.69, 9.17) is 29.2 Å². The van der Waals surface area contributed by atoms with Crippen LogP contribution in [-0.2, 0) is 23.9 Å². The number of carboxylic acid groups (broad SMARTS) is 1. The molecule has 1 aliphatic heterocycles. The Morgan fingerprint density at radius 2 is 1.74 bits per heavy atom. The third-order valence-corrected chi connectivity index (χ3v) is 14.2. The molecule has 0 amide bonds. The number of aryl methyl sites for hydroxylation is 2. The molecule has 3 aromatic heterocycles. The van der Waals surface area contributed by atoms with Crippen LogP contribution in [0.5, 0.6) is 11.5 Å². The van der Waals surface area contributed by atoms with Crippen LogP contribution in [-0.4, -0.2) is 157 Å². The lowest BCUT2D eigenvalue weighted by atomic mass is 9.68. The van der Waals surface area contributed by atoms with Gasteiger partial charge in [-0.25, -0.2) is 9.59 Å². The number of carbonyl (C=O) groups excluding carboxylic acids is 2. The summed E-state index contributed by atoms with van der Waals surface area (Å²) < 4.78 is 26.2. The number of phenolic OH excluding ortho intramolecular Hbond substituents is 1. The van der Waals surface area contributed by atoms with Gasteiger partial charge in [0.2, 0.25) is 24.7 Å². The first-order valence-corrected chi connectivity index (χ1v) is 25.9. The van der Waals surface area contributed by atoms with Gasteiger partial charge >= 0.3 is 11.9 Å². The van der Waals surface area contributed by atoms with Gasteiger partial charge in [0.05, 0.1) is 41.9 Å². The lowest BCUT2D eigenvalue weighted by molar-refractivity contribution is -0.387. The molecule has 4 heterocycles. The number of fused-ring (bicyclic) bond motifs is 2. The number of guanidine groups is 1. The van der Waals surface area contributed by atoms with Crippen molar-refractivity contribution in [2.75, 3.05) is 32.8 Å². The van der Waals surface area contributed by atoms with Gasteiger partial charge in [-0.1, -0.05) is 48.6 Å². The summed E-state index contributed by atoms with van der Waals surface area (Å²) in [5, 5.41) is 90.2. The first kappa shape index (κ1) is 56.8. The van der Waals surface area contributed by atoms with E-state index in [1.54, 1.807) is 30.6 Å². The number of nitrogens with two attached hydrogens (primary N) is 1.